The van der Waals surface area contributed by atoms with Gasteiger partial charge in [-0.05, 0) is 17.5 Å². The maximum Gasteiger partial charge on any atom is 0.315 e. The molecule has 0 saturated heterocycles. The first-order valence-corrected chi connectivity index (χ1v) is 6.98. The van der Waals surface area contributed by atoms with E-state index in [0.29, 0.717) is 5.56 Å². The number of methoxy groups -OCH3 is 1. The number of benzene rings is 2. The normalized spacial score (nSPS) is 13.1. The summed E-state index contributed by atoms with van der Waals surface area (Å²) in [5, 5.41) is 9.88. The van der Waals surface area contributed by atoms with Crippen molar-refractivity contribution in [1.29, 1.82) is 0 Å². The molecule has 4 heteroatoms. The first-order chi connectivity index (χ1) is 10.6. The Bertz CT molecular complexity index is 637. The molecule has 0 aliphatic rings. The molecule has 1 atom stereocenters. The summed E-state index contributed by atoms with van der Waals surface area (Å²) < 4.78 is 4.71. The zero-order valence-electron chi connectivity index (χ0n) is 12.4. The molecule has 0 heterocycles. The molecule has 0 saturated carbocycles. The van der Waals surface area contributed by atoms with Gasteiger partial charge in [-0.3, -0.25) is 9.59 Å². The molecule has 0 aromatic heterocycles. The van der Waals surface area contributed by atoms with Crippen LogP contribution in [-0.2, 0) is 26.2 Å². The van der Waals surface area contributed by atoms with Crippen LogP contribution in [0.1, 0.15) is 17.5 Å². The largest absolute Gasteiger partial charge is 0.481 e. The van der Waals surface area contributed by atoms with Gasteiger partial charge in [0.2, 0.25) is 0 Å². The van der Waals surface area contributed by atoms with Gasteiger partial charge in [-0.25, -0.2) is 0 Å². The number of hydrogen-bond acceptors (Lipinski definition) is 3. The number of ether oxygens (including phenoxy) is 1. The summed E-state index contributed by atoms with van der Waals surface area (Å²) >= 11 is 0. The van der Waals surface area contributed by atoms with E-state index >= 15 is 0 Å². The van der Waals surface area contributed by atoms with Crippen LogP contribution < -0.4 is 0 Å². The lowest BCUT2D eigenvalue weighted by atomic mass is 9.73. The third-order valence-electron chi connectivity index (χ3n) is 3.76. The van der Waals surface area contributed by atoms with Gasteiger partial charge in [-0.2, -0.15) is 0 Å². The number of rotatable bonds is 6. The van der Waals surface area contributed by atoms with Crippen LogP contribution in [0, 0.1) is 0 Å². The van der Waals surface area contributed by atoms with Crippen molar-refractivity contribution in [3.8, 4) is 0 Å². The summed E-state index contributed by atoms with van der Waals surface area (Å²) in [4.78, 5) is 23.9. The second-order valence-corrected chi connectivity index (χ2v) is 5.17. The first kappa shape index (κ1) is 15.8. The molecular weight excluding hydrogens is 280 g/mol. The van der Waals surface area contributed by atoms with E-state index in [1.54, 1.807) is 24.3 Å². The molecule has 0 spiro atoms. The molecule has 0 aliphatic carbocycles. The molecule has 114 valence electrons. The van der Waals surface area contributed by atoms with Gasteiger partial charge in [-0.15, -0.1) is 0 Å². The van der Waals surface area contributed by atoms with Gasteiger partial charge in [0.15, 0.2) is 0 Å². The number of aliphatic carboxylic acids is 1. The highest BCUT2D eigenvalue weighted by Crippen LogP contribution is 2.33. The molecule has 2 aromatic rings. The Hall–Kier alpha value is -2.62. The van der Waals surface area contributed by atoms with Gasteiger partial charge in [0.1, 0.15) is 5.41 Å². The highest BCUT2D eigenvalue weighted by atomic mass is 16.5. The maximum absolute atomic E-state index is 12.1. The molecule has 0 amide bonds. The summed E-state index contributed by atoms with van der Waals surface area (Å²) in [5.74, 6) is -1.57. The lowest BCUT2D eigenvalue weighted by molar-refractivity contribution is -0.152. The third-order valence-corrected chi connectivity index (χ3v) is 3.76. The Morgan fingerprint density at radius 2 is 1.55 bits per heavy atom. The average molecular weight is 298 g/mol. The van der Waals surface area contributed by atoms with Crippen molar-refractivity contribution in [3.63, 3.8) is 0 Å². The predicted octanol–water partition coefficient (Wildman–Crippen LogP) is 2.81. The molecule has 2 aromatic carbocycles. The fourth-order valence-electron chi connectivity index (χ4n) is 2.56. The number of carboxylic acid groups (broad SMARTS) is 1. The molecule has 0 radical (unpaired) electrons. The van der Waals surface area contributed by atoms with Gasteiger partial charge in [0.25, 0.3) is 0 Å². The summed E-state index contributed by atoms with van der Waals surface area (Å²) in [5.41, 5.74) is 0.116. The van der Waals surface area contributed by atoms with E-state index in [4.69, 9.17) is 4.74 Å². The summed E-state index contributed by atoms with van der Waals surface area (Å²) in [6.45, 7) is 0. The van der Waals surface area contributed by atoms with Gasteiger partial charge < -0.3 is 9.84 Å². The smallest absolute Gasteiger partial charge is 0.315 e. The summed E-state index contributed by atoms with van der Waals surface area (Å²) in [6.07, 6.45) is 0.0139. The number of esters is 1. The van der Waals surface area contributed by atoms with Crippen LogP contribution in [0.5, 0.6) is 0 Å². The highest BCUT2D eigenvalue weighted by Gasteiger charge is 2.42. The molecule has 2 rings (SSSR count). The number of hydrogen-bond donors (Lipinski definition) is 1. The average Bonchev–Trinajstić information content (AvgIpc) is 2.55. The van der Waals surface area contributed by atoms with Crippen molar-refractivity contribution < 1.29 is 19.4 Å². The molecule has 0 fully saturated rings. The molecule has 22 heavy (non-hydrogen) atoms. The second kappa shape index (κ2) is 6.89. The van der Waals surface area contributed by atoms with Crippen molar-refractivity contribution in [2.75, 3.05) is 7.11 Å². The first-order valence-electron chi connectivity index (χ1n) is 6.98. The van der Waals surface area contributed by atoms with Gasteiger partial charge in [-0.1, -0.05) is 60.7 Å². The van der Waals surface area contributed by atoms with Crippen LogP contribution in [-0.4, -0.2) is 24.2 Å². The zero-order valence-corrected chi connectivity index (χ0v) is 12.4. The fraction of sp³-hybridized carbons (Fsp3) is 0.222. The van der Waals surface area contributed by atoms with E-state index < -0.39 is 17.4 Å². The van der Waals surface area contributed by atoms with Crippen LogP contribution in [0.15, 0.2) is 60.7 Å². The third kappa shape index (κ3) is 3.34. The van der Waals surface area contributed by atoms with E-state index in [0.717, 1.165) is 5.56 Å². The highest BCUT2D eigenvalue weighted by molar-refractivity contribution is 5.88. The van der Waals surface area contributed by atoms with Crippen molar-refractivity contribution in [1.82, 2.24) is 0 Å². The van der Waals surface area contributed by atoms with Gasteiger partial charge >= 0.3 is 11.9 Å². The van der Waals surface area contributed by atoms with Crippen molar-refractivity contribution >= 4 is 11.9 Å². The van der Waals surface area contributed by atoms with Crippen molar-refractivity contribution in [2.24, 2.45) is 0 Å². The van der Waals surface area contributed by atoms with Crippen LogP contribution in [0.2, 0.25) is 0 Å². The Morgan fingerprint density at radius 1 is 1.00 bits per heavy atom. The molecule has 1 N–H and O–H groups in total. The molecule has 0 aliphatic heterocycles. The lowest BCUT2D eigenvalue weighted by Crippen LogP contribution is -2.40. The monoisotopic (exact) mass is 298 g/mol. The van der Waals surface area contributed by atoms with E-state index in [-0.39, 0.29) is 12.8 Å². The van der Waals surface area contributed by atoms with E-state index in [1.165, 1.54) is 7.11 Å². The molecule has 4 nitrogen and oxygen atoms in total. The van der Waals surface area contributed by atoms with E-state index in [1.807, 2.05) is 36.4 Å². The fourth-order valence-corrected chi connectivity index (χ4v) is 2.56. The van der Waals surface area contributed by atoms with Crippen LogP contribution in [0.4, 0.5) is 0 Å². The summed E-state index contributed by atoms with van der Waals surface area (Å²) in [6, 6.07) is 18.1. The van der Waals surface area contributed by atoms with Crippen LogP contribution in [0.3, 0.4) is 0 Å². The standard InChI is InChI=1S/C18H18O4/c1-22-16(19)13-18(17(20)21,15-10-6-3-7-11-15)12-14-8-4-2-5-9-14/h2-11H,12-13H2,1H3,(H,20,21). The zero-order chi connectivity index (χ0) is 16.0. The molecular formula is C18H18O4. The van der Waals surface area contributed by atoms with Gasteiger partial charge in [0.05, 0.1) is 13.5 Å². The quantitative estimate of drug-likeness (QED) is 0.833. The Kier molecular flexibility index (Phi) is 4.94. The van der Waals surface area contributed by atoms with Crippen molar-refractivity contribution in [2.45, 2.75) is 18.3 Å². The van der Waals surface area contributed by atoms with Crippen molar-refractivity contribution in [3.05, 3.63) is 71.8 Å². The SMILES string of the molecule is COC(=O)CC(Cc1ccccc1)(C(=O)O)c1ccccc1. The van der Waals surface area contributed by atoms with E-state index in [9.17, 15) is 14.7 Å². The lowest BCUT2D eigenvalue weighted by Gasteiger charge is -2.29. The summed E-state index contributed by atoms with van der Waals surface area (Å²) in [7, 11) is 1.27. The second-order valence-electron chi connectivity index (χ2n) is 5.17. The topological polar surface area (TPSA) is 63.6 Å². The minimum absolute atomic E-state index is 0.211. The van der Waals surface area contributed by atoms with Crippen LogP contribution in [0.25, 0.3) is 0 Å². The maximum atomic E-state index is 12.1. The molecule has 1 unspecified atom stereocenters. The number of carboxylic acids is 1. The Morgan fingerprint density at radius 3 is 2.05 bits per heavy atom. The predicted molar refractivity (Wildman–Crippen MR) is 82.5 cm³/mol. The number of carbonyl (C=O) groups excluding carboxylic acids is 1. The molecule has 0 bridgehead atoms. The number of carbonyl (C=O) groups is 2. The Labute approximate surface area is 129 Å². The minimum atomic E-state index is -1.34. The van der Waals surface area contributed by atoms with Gasteiger partial charge in [0, 0.05) is 0 Å². The minimum Gasteiger partial charge on any atom is -0.481 e. The van der Waals surface area contributed by atoms with Crippen LogP contribution >= 0.6 is 0 Å². The van der Waals surface area contributed by atoms with E-state index in [2.05, 4.69) is 0 Å². The Balaban J connectivity index is 2.50.